The van der Waals surface area contributed by atoms with Gasteiger partial charge >= 0.3 is 0 Å². The fourth-order valence-electron chi connectivity index (χ4n) is 2.61. The molecule has 104 valence electrons. The summed E-state index contributed by atoms with van der Waals surface area (Å²) in [7, 11) is 0. The zero-order valence-corrected chi connectivity index (χ0v) is 12.7. The first kappa shape index (κ1) is 13.3. The molecular weight excluding hydrogens is 266 g/mol. The van der Waals surface area contributed by atoms with E-state index in [2.05, 4.69) is 48.1 Å². The molecule has 3 aromatic rings. The van der Waals surface area contributed by atoms with E-state index < -0.39 is 0 Å². The van der Waals surface area contributed by atoms with Gasteiger partial charge in [0.25, 0.3) is 0 Å². The van der Waals surface area contributed by atoms with Gasteiger partial charge in [-0.25, -0.2) is 4.98 Å². The molecule has 0 aliphatic heterocycles. The zero-order valence-electron chi connectivity index (χ0n) is 11.9. The van der Waals surface area contributed by atoms with Crippen LogP contribution in [0.4, 0.5) is 0 Å². The largest absolute Gasteiger partial charge is 0.326 e. The number of nitrogens with zero attached hydrogens (tertiary/aromatic N) is 2. The number of imidazole rings is 1. The van der Waals surface area contributed by atoms with Crippen LogP contribution in [-0.4, -0.2) is 9.55 Å². The van der Waals surface area contributed by atoms with Gasteiger partial charge in [0.2, 0.25) is 0 Å². The summed E-state index contributed by atoms with van der Waals surface area (Å²) in [4.78, 5) is 6.15. The van der Waals surface area contributed by atoms with Crippen LogP contribution in [0.1, 0.15) is 25.0 Å². The predicted molar refractivity (Wildman–Crippen MR) is 86.0 cm³/mol. The molecule has 0 saturated heterocycles. The molecule has 2 N–H and O–H groups in total. The Bertz CT molecular complexity index is 739. The lowest BCUT2D eigenvalue weighted by Gasteiger charge is -2.06. The highest BCUT2D eigenvalue weighted by Gasteiger charge is 2.15. The van der Waals surface area contributed by atoms with Crippen molar-refractivity contribution in [2.45, 2.75) is 33.4 Å². The molecular formula is C16H19N3S. The molecule has 3 rings (SSSR count). The van der Waals surface area contributed by atoms with Crippen LogP contribution in [0.25, 0.3) is 21.7 Å². The molecule has 0 spiro atoms. The van der Waals surface area contributed by atoms with Crippen molar-refractivity contribution in [2.24, 2.45) is 5.73 Å². The van der Waals surface area contributed by atoms with Crippen molar-refractivity contribution in [3.8, 4) is 10.7 Å². The third-order valence-electron chi connectivity index (χ3n) is 3.70. The van der Waals surface area contributed by atoms with Gasteiger partial charge in [-0.05, 0) is 48.1 Å². The summed E-state index contributed by atoms with van der Waals surface area (Å²) >= 11 is 1.77. The number of benzene rings is 1. The molecule has 4 heteroatoms. The number of nitrogens with two attached hydrogens (primary N) is 1. The first-order valence-corrected chi connectivity index (χ1v) is 7.92. The number of hydrogen-bond acceptors (Lipinski definition) is 3. The molecule has 1 aromatic carbocycles. The number of aromatic nitrogens is 2. The fraction of sp³-hybridized carbons (Fsp3) is 0.312. The number of fused-ring (bicyclic) bond motifs is 1. The second-order valence-corrected chi connectivity index (χ2v) is 5.75. The molecule has 0 amide bonds. The third-order valence-corrected chi connectivity index (χ3v) is 4.65. The summed E-state index contributed by atoms with van der Waals surface area (Å²) in [6.45, 7) is 5.84. The average molecular weight is 285 g/mol. The minimum Gasteiger partial charge on any atom is -0.326 e. The Balaban J connectivity index is 2.25. The van der Waals surface area contributed by atoms with E-state index in [1.807, 2.05) is 0 Å². The Labute approximate surface area is 123 Å². The first-order valence-electron chi connectivity index (χ1n) is 7.04. The highest BCUT2D eigenvalue weighted by Crippen LogP contribution is 2.32. The molecule has 0 aliphatic carbocycles. The van der Waals surface area contributed by atoms with E-state index in [0.29, 0.717) is 6.54 Å². The minimum atomic E-state index is 0.559. The SMILES string of the molecule is CCc1ccsc1-c1nc2cc(CN)ccc2n1CC. The van der Waals surface area contributed by atoms with Crippen molar-refractivity contribution in [3.63, 3.8) is 0 Å². The number of hydrogen-bond donors (Lipinski definition) is 1. The number of aryl methyl sites for hydroxylation is 2. The topological polar surface area (TPSA) is 43.8 Å². The van der Waals surface area contributed by atoms with E-state index in [9.17, 15) is 0 Å². The minimum absolute atomic E-state index is 0.559. The lowest BCUT2D eigenvalue weighted by atomic mass is 10.2. The van der Waals surface area contributed by atoms with E-state index in [0.717, 1.165) is 29.9 Å². The van der Waals surface area contributed by atoms with Crippen molar-refractivity contribution in [2.75, 3.05) is 0 Å². The molecule has 0 saturated carbocycles. The summed E-state index contributed by atoms with van der Waals surface area (Å²) in [5, 5.41) is 2.15. The maximum atomic E-state index is 5.73. The van der Waals surface area contributed by atoms with Crippen LogP contribution >= 0.6 is 11.3 Å². The Morgan fingerprint density at radius 1 is 1.25 bits per heavy atom. The highest BCUT2D eigenvalue weighted by atomic mass is 32.1. The highest BCUT2D eigenvalue weighted by molar-refractivity contribution is 7.13. The molecule has 0 radical (unpaired) electrons. The van der Waals surface area contributed by atoms with Crippen molar-refractivity contribution in [1.29, 1.82) is 0 Å². The van der Waals surface area contributed by atoms with Crippen LogP contribution in [0.15, 0.2) is 29.6 Å². The van der Waals surface area contributed by atoms with Gasteiger partial charge in [-0.3, -0.25) is 0 Å². The molecule has 0 unspecified atom stereocenters. The Morgan fingerprint density at radius 3 is 2.80 bits per heavy atom. The third kappa shape index (κ3) is 2.05. The maximum absolute atomic E-state index is 5.73. The predicted octanol–water partition coefficient (Wildman–Crippen LogP) is 3.81. The summed E-state index contributed by atoms with van der Waals surface area (Å²) in [6, 6.07) is 8.53. The molecule has 2 heterocycles. The van der Waals surface area contributed by atoms with Gasteiger partial charge in [0.15, 0.2) is 5.82 Å². The normalized spacial score (nSPS) is 11.3. The van der Waals surface area contributed by atoms with E-state index in [1.165, 1.54) is 16.0 Å². The van der Waals surface area contributed by atoms with Crippen molar-refractivity contribution in [1.82, 2.24) is 9.55 Å². The first-order chi connectivity index (χ1) is 9.78. The van der Waals surface area contributed by atoms with Gasteiger partial charge in [0.05, 0.1) is 15.9 Å². The molecule has 0 aliphatic rings. The Kier molecular flexibility index (Phi) is 3.59. The maximum Gasteiger partial charge on any atom is 0.151 e. The van der Waals surface area contributed by atoms with Crippen LogP contribution in [0.3, 0.4) is 0 Å². The zero-order chi connectivity index (χ0) is 14.1. The van der Waals surface area contributed by atoms with Crippen LogP contribution in [0, 0.1) is 0 Å². The van der Waals surface area contributed by atoms with Crippen LogP contribution in [0.5, 0.6) is 0 Å². The van der Waals surface area contributed by atoms with Gasteiger partial charge in [0.1, 0.15) is 0 Å². The van der Waals surface area contributed by atoms with E-state index in [4.69, 9.17) is 10.7 Å². The van der Waals surface area contributed by atoms with Gasteiger partial charge in [-0.1, -0.05) is 13.0 Å². The molecule has 3 nitrogen and oxygen atoms in total. The smallest absolute Gasteiger partial charge is 0.151 e. The summed E-state index contributed by atoms with van der Waals surface area (Å²) < 4.78 is 2.29. The second-order valence-electron chi connectivity index (χ2n) is 4.84. The fourth-order valence-corrected chi connectivity index (χ4v) is 3.60. The average Bonchev–Trinajstić information content (AvgIpc) is 3.09. The van der Waals surface area contributed by atoms with Gasteiger partial charge in [-0.2, -0.15) is 0 Å². The summed E-state index contributed by atoms with van der Waals surface area (Å²) in [5.74, 6) is 1.09. The van der Waals surface area contributed by atoms with Crippen molar-refractivity contribution >= 4 is 22.4 Å². The van der Waals surface area contributed by atoms with Crippen LogP contribution < -0.4 is 5.73 Å². The van der Waals surface area contributed by atoms with E-state index in [-0.39, 0.29) is 0 Å². The molecule has 0 bridgehead atoms. The van der Waals surface area contributed by atoms with Gasteiger partial charge < -0.3 is 10.3 Å². The van der Waals surface area contributed by atoms with Gasteiger partial charge in [0, 0.05) is 13.1 Å². The quantitative estimate of drug-likeness (QED) is 0.792. The van der Waals surface area contributed by atoms with Crippen LogP contribution in [0.2, 0.25) is 0 Å². The molecule has 2 aromatic heterocycles. The van der Waals surface area contributed by atoms with E-state index >= 15 is 0 Å². The van der Waals surface area contributed by atoms with E-state index in [1.54, 1.807) is 11.3 Å². The lowest BCUT2D eigenvalue weighted by Crippen LogP contribution is -1.98. The molecule has 0 atom stereocenters. The van der Waals surface area contributed by atoms with Crippen molar-refractivity contribution < 1.29 is 0 Å². The standard InChI is InChI=1S/C16H19N3S/c1-3-12-7-8-20-15(12)16-18-13-9-11(10-17)5-6-14(13)19(16)4-2/h5-9H,3-4,10,17H2,1-2H3. The van der Waals surface area contributed by atoms with Gasteiger partial charge in [-0.15, -0.1) is 11.3 Å². The summed E-state index contributed by atoms with van der Waals surface area (Å²) in [6.07, 6.45) is 1.04. The Hall–Kier alpha value is -1.65. The molecule has 0 fully saturated rings. The Morgan fingerprint density at radius 2 is 2.10 bits per heavy atom. The van der Waals surface area contributed by atoms with Crippen LogP contribution in [-0.2, 0) is 19.5 Å². The number of thiophene rings is 1. The van der Waals surface area contributed by atoms with Crippen molar-refractivity contribution in [3.05, 3.63) is 40.8 Å². The summed E-state index contributed by atoms with van der Waals surface area (Å²) in [5.41, 5.74) is 10.5. The monoisotopic (exact) mass is 285 g/mol. The number of rotatable bonds is 4. The molecule has 20 heavy (non-hydrogen) atoms. The second kappa shape index (κ2) is 5.38. The lowest BCUT2D eigenvalue weighted by molar-refractivity contribution is 0.797.